The van der Waals surface area contributed by atoms with Gasteiger partial charge in [0.25, 0.3) is 0 Å². The summed E-state index contributed by atoms with van der Waals surface area (Å²) in [4.78, 5) is 0. The van der Waals surface area contributed by atoms with Crippen LogP contribution in [0.4, 0.5) is 0 Å². The van der Waals surface area contributed by atoms with Crippen LogP contribution in [0.25, 0.3) is 0 Å². The zero-order chi connectivity index (χ0) is 9.40. The summed E-state index contributed by atoms with van der Waals surface area (Å²) in [6.07, 6.45) is 3.25. The van der Waals surface area contributed by atoms with Gasteiger partial charge in [0, 0.05) is 26.9 Å². The van der Waals surface area contributed by atoms with Crippen molar-refractivity contribution in [3.63, 3.8) is 0 Å². The first-order valence-electron chi connectivity index (χ1n) is 4.48. The van der Waals surface area contributed by atoms with Crippen molar-refractivity contribution < 1.29 is 9.47 Å². The zero-order valence-corrected chi connectivity index (χ0v) is 8.38. The highest BCUT2D eigenvalue weighted by Crippen LogP contribution is 2.04. The molecule has 0 aromatic heterocycles. The molecule has 0 amide bonds. The van der Waals surface area contributed by atoms with Crippen LogP contribution in [-0.2, 0) is 9.47 Å². The Morgan fingerprint density at radius 1 is 1.33 bits per heavy atom. The van der Waals surface area contributed by atoms with Gasteiger partial charge in [-0.05, 0) is 26.2 Å². The van der Waals surface area contributed by atoms with E-state index in [-0.39, 0.29) is 12.1 Å². The highest BCUT2D eigenvalue weighted by atomic mass is 16.5. The second-order valence-corrected chi connectivity index (χ2v) is 3.18. The SMILES string of the molecule is COCCCC(N)CC(C)OC. The Labute approximate surface area is 75.2 Å². The molecule has 12 heavy (non-hydrogen) atoms. The monoisotopic (exact) mass is 175 g/mol. The van der Waals surface area contributed by atoms with Crippen molar-refractivity contribution in [1.82, 2.24) is 0 Å². The Kier molecular flexibility index (Phi) is 7.45. The Morgan fingerprint density at radius 2 is 2.00 bits per heavy atom. The number of hydrogen-bond donors (Lipinski definition) is 1. The summed E-state index contributed by atoms with van der Waals surface area (Å²) in [6, 6.07) is 0.245. The molecule has 0 aliphatic rings. The van der Waals surface area contributed by atoms with E-state index in [2.05, 4.69) is 0 Å². The number of rotatable bonds is 7. The van der Waals surface area contributed by atoms with Crippen LogP contribution in [-0.4, -0.2) is 33.0 Å². The molecule has 0 saturated heterocycles. The summed E-state index contributed by atoms with van der Waals surface area (Å²) in [5.41, 5.74) is 5.86. The van der Waals surface area contributed by atoms with Crippen molar-refractivity contribution >= 4 is 0 Å². The smallest absolute Gasteiger partial charge is 0.0558 e. The quantitative estimate of drug-likeness (QED) is 0.591. The molecular formula is C9H21NO2. The van der Waals surface area contributed by atoms with E-state index >= 15 is 0 Å². The van der Waals surface area contributed by atoms with Crippen molar-refractivity contribution in [1.29, 1.82) is 0 Å². The van der Waals surface area contributed by atoms with Crippen molar-refractivity contribution in [2.75, 3.05) is 20.8 Å². The van der Waals surface area contributed by atoms with Gasteiger partial charge < -0.3 is 15.2 Å². The third-order valence-corrected chi connectivity index (χ3v) is 1.96. The average molecular weight is 175 g/mol. The topological polar surface area (TPSA) is 44.5 Å². The van der Waals surface area contributed by atoms with Gasteiger partial charge in [0.05, 0.1) is 6.10 Å². The van der Waals surface area contributed by atoms with E-state index in [9.17, 15) is 0 Å². The van der Waals surface area contributed by atoms with E-state index in [4.69, 9.17) is 15.2 Å². The lowest BCUT2D eigenvalue weighted by molar-refractivity contribution is 0.102. The first-order valence-corrected chi connectivity index (χ1v) is 4.48. The lowest BCUT2D eigenvalue weighted by atomic mass is 10.1. The van der Waals surface area contributed by atoms with Gasteiger partial charge in [-0.25, -0.2) is 0 Å². The summed E-state index contributed by atoms with van der Waals surface area (Å²) in [5, 5.41) is 0. The van der Waals surface area contributed by atoms with Gasteiger partial charge in [0.2, 0.25) is 0 Å². The van der Waals surface area contributed by atoms with Crippen molar-refractivity contribution in [3.05, 3.63) is 0 Å². The molecule has 2 N–H and O–H groups in total. The fourth-order valence-corrected chi connectivity index (χ4v) is 1.13. The molecule has 0 rings (SSSR count). The van der Waals surface area contributed by atoms with E-state index in [1.54, 1.807) is 14.2 Å². The first-order chi connectivity index (χ1) is 5.70. The third-order valence-electron chi connectivity index (χ3n) is 1.96. The van der Waals surface area contributed by atoms with Crippen LogP contribution in [0.15, 0.2) is 0 Å². The number of hydrogen-bond acceptors (Lipinski definition) is 3. The molecule has 0 radical (unpaired) electrons. The minimum atomic E-state index is 0.245. The van der Waals surface area contributed by atoms with E-state index in [0.29, 0.717) is 0 Å². The summed E-state index contributed by atoms with van der Waals surface area (Å²) < 4.78 is 10.1. The van der Waals surface area contributed by atoms with E-state index in [1.165, 1.54) is 0 Å². The second kappa shape index (κ2) is 7.53. The molecule has 0 bridgehead atoms. The van der Waals surface area contributed by atoms with Crippen LogP contribution in [0.3, 0.4) is 0 Å². The molecule has 2 unspecified atom stereocenters. The van der Waals surface area contributed by atoms with Crippen LogP contribution in [0.5, 0.6) is 0 Å². The number of ether oxygens (including phenoxy) is 2. The maximum Gasteiger partial charge on any atom is 0.0558 e. The van der Waals surface area contributed by atoms with Crippen molar-refractivity contribution in [2.24, 2.45) is 5.73 Å². The highest BCUT2D eigenvalue weighted by molar-refractivity contribution is 4.65. The standard InChI is InChI=1S/C9H21NO2/c1-8(12-3)7-9(10)5-4-6-11-2/h8-9H,4-7,10H2,1-3H3. The Bertz CT molecular complexity index is 98.5. The van der Waals surface area contributed by atoms with Crippen LogP contribution in [0, 0.1) is 0 Å². The van der Waals surface area contributed by atoms with Crippen LogP contribution >= 0.6 is 0 Å². The summed E-state index contributed by atoms with van der Waals surface area (Å²) in [6.45, 7) is 2.84. The van der Waals surface area contributed by atoms with Gasteiger partial charge in [0.1, 0.15) is 0 Å². The minimum Gasteiger partial charge on any atom is -0.385 e. The van der Waals surface area contributed by atoms with Gasteiger partial charge in [-0.15, -0.1) is 0 Å². The maximum absolute atomic E-state index is 5.86. The first kappa shape index (κ1) is 11.9. The fourth-order valence-electron chi connectivity index (χ4n) is 1.13. The third kappa shape index (κ3) is 6.58. The lowest BCUT2D eigenvalue weighted by Crippen LogP contribution is -2.25. The Hall–Kier alpha value is -0.120. The summed E-state index contributed by atoms with van der Waals surface area (Å²) in [5.74, 6) is 0. The molecule has 0 saturated carbocycles. The predicted molar refractivity (Wildman–Crippen MR) is 50.2 cm³/mol. The molecule has 3 nitrogen and oxygen atoms in total. The van der Waals surface area contributed by atoms with Crippen LogP contribution in [0.2, 0.25) is 0 Å². The van der Waals surface area contributed by atoms with Crippen LogP contribution < -0.4 is 5.73 Å². The van der Waals surface area contributed by atoms with E-state index in [0.717, 1.165) is 25.9 Å². The summed E-state index contributed by atoms with van der Waals surface area (Å²) in [7, 11) is 3.43. The van der Waals surface area contributed by atoms with Gasteiger partial charge >= 0.3 is 0 Å². The van der Waals surface area contributed by atoms with Crippen molar-refractivity contribution in [2.45, 2.75) is 38.3 Å². The predicted octanol–water partition coefficient (Wildman–Crippen LogP) is 1.17. The molecule has 74 valence electrons. The molecule has 0 aliphatic heterocycles. The normalized spacial score (nSPS) is 16.0. The van der Waals surface area contributed by atoms with Gasteiger partial charge in [0.15, 0.2) is 0 Å². The number of methoxy groups -OCH3 is 2. The summed E-state index contributed by atoms with van der Waals surface area (Å²) >= 11 is 0. The Balaban J connectivity index is 3.26. The maximum atomic E-state index is 5.86. The van der Waals surface area contributed by atoms with Gasteiger partial charge in [-0.1, -0.05) is 0 Å². The van der Waals surface area contributed by atoms with Crippen LogP contribution in [0.1, 0.15) is 26.2 Å². The van der Waals surface area contributed by atoms with Gasteiger partial charge in [-0.3, -0.25) is 0 Å². The molecule has 2 atom stereocenters. The molecule has 0 aliphatic carbocycles. The largest absolute Gasteiger partial charge is 0.385 e. The van der Waals surface area contributed by atoms with Gasteiger partial charge in [-0.2, -0.15) is 0 Å². The molecule has 3 heteroatoms. The average Bonchev–Trinajstić information content (AvgIpc) is 2.05. The molecule has 0 aromatic rings. The molecular weight excluding hydrogens is 154 g/mol. The minimum absolute atomic E-state index is 0.245. The molecule has 0 fully saturated rings. The zero-order valence-electron chi connectivity index (χ0n) is 8.38. The fraction of sp³-hybridized carbons (Fsp3) is 1.00. The lowest BCUT2D eigenvalue weighted by Gasteiger charge is -2.15. The number of nitrogens with two attached hydrogens (primary N) is 1. The highest BCUT2D eigenvalue weighted by Gasteiger charge is 2.07. The molecule has 0 aromatic carbocycles. The van der Waals surface area contributed by atoms with E-state index < -0.39 is 0 Å². The van der Waals surface area contributed by atoms with Crippen molar-refractivity contribution in [3.8, 4) is 0 Å². The Morgan fingerprint density at radius 3 is 2.50 bits per heavy atom. The molecule has 0 heterocycles. The molecule has 0 spiro atoms. The second-order valence-electron chi connectivity index (χ2n) is 3.18. The van der Waals surface area contributed by atoms with E-state index in [1.807, 2.05) is 6.92 Å².